The molecule has 133 heavy (non-hydrogen) atoms. The highest BCUT2D eigenvalue weighted by atomic mass is 15.2. The zero-order valence-corrected chi connectivity index (χ0v) is 73.0. The highest BCUT2D eigenvalue weighted by molar-refractivity contribution is 6.19. The Morgan fingerprint density at radius 2 is 0.429 bits per heavy atom. The maximum absolute atomic E-state index is 5.22. The van der Waals surface area contributed by atoms with Crippen molar-refractivity contribution >= 4 is 87.2 Å². The van der Waals surface area contributed by atoms with Gasteiger partial charge in [-0.3, -0.25) is 9.13 Å². The molecule has 0 atom stereocenters. The minimum Gasteiger partial charge on any atom is -0.309 e. The summed E-state index contributed by atoms with van der Waals surface area (Å²) >= 11 is 0. The predicted octanol–water partition coefficient (Wildman–Crippen LogP) is 31.1. The minimum absolute atomic E-state index is 0.0666. The molecule has 1 aliphatic carbocycles. The Morgan fingerprint density at radius 1 is 0.165 bits per heavy atom. The Bertz CT molecular complexity index is 8440. The average molecular weight is 1700 g/mol. The van der Waals surface area contributed by atoms with Crippen LogP contribution in [-0.4, -0.2) is 48.2 Å². The van der Waals surface area contributed by atoms with E-state index in [0.717, 1.165) is 112 Å². The summed E-state index contributed by atoms with van der Waals surface area (Å²) in [5.41, 5.74) is 34.2. The van der Waals surface area contributed by atoms with Crippen LogP contribution in [0.5, 0.6) is 0 Å². The summed E-state index contributed by atoms with van der Waals surface area (Å²) in [6.45, 7) is 4.69. The second-order valence-electron chi connectivity index (χ2n) is 34.5. The largest absolute Gasteiger partial charge is 0.309 e. The van der Waals surface area contributed by atoms with Crippen molar-refractivity contribution in [2.24, 2.45) is 0 Å². The van der Waals surface area contributed by atoms with Crippen molar-refractivity contribution < 1.29 is 0 Å². The zero-order chi connectivity index (χ0) is 88.5. The van der Waals surface area contributed by atoms with Gasteiger partial charge in [0.15, 0.2) is 5.82 Å². The molecule has 0 amide bonds. The first-order valence-electron chi connectivity index (χ1n) is 45.2. The third-order valence-electron chi connectivity index (χ3n) is 26.2. The summed E-state index contributed by atoms with van der Waals surface area (Å²) in [6.07, 6.45) is 0. The smallest absolute Gasteiger partial charge is 0.235 e. The van der Waals surface area contributed by atoms with Gasteiger partial charge in [-0.15, -0.1) is 0 Å². The molecule has 10 nitrogen and oxygen atoms in total. The van der Waals surface area contributed by atoms with E-state index in [1.807, 2.05) is 36.4 Å². The summed E-state index contributed by atoms with van der Waals surface area (Å²) < 4.78 is 9.19. The number of nitrogens with zero attached hydrogens (tertiary/aromatic N) is 10. The van der Waals surface area contributed by atoms with Crippen LogP contribution in [0.1, 0.15) is 25.0 Å². The molecular weight excluding hydrogens is 1620 g/mol. The van der Waals surface area contributed by atoms with E-state index in [1.165, 1.54) is 104 Å². The molecule has 1 aliphatic rings. The van der Waals surface area contributed by atoms with Crippen LogP contribution in [-0.2, 0) is 5.41 Å². The number of aromatic nitrogens is 10. The average Bonchev–Trinajstić information content (AvgIpc) is 1.55. The van der Waals surface area contributed by atoms with E-state index >= 15 is 0 Å². The van der Waals surface area contributed by atoms with Crippen molar-refractivity contribution in [3.05, 3.63) is 484 Å². The Morgan fingerprint density at radius 3 is 0.827 bits per heavy atom. The maximum Gasteiger partial charge on any atom is 0.235 e. The molecule has 10 heteroatoms. The highest BCUT2D eigenvalue weighted by Crippen LogP contribution is 2.52. The third kappa shape index (κ3) is 14.3. The van der Waals surface area contributed by atoms with E-state index in [9.17, 15) is 0 Å². The van der Waals surface area contributed by atoms with Crippen LogP contribution in [0.3, 0.4) is 0 Å². The van der Waals surface area contributed by atoms with Crippen molar-refractivity contribution in [2.45, 2.75) is 19.3 Å². The zero-order valence-electron chi connectivity index (χ0n) is 73.0. The van der Waals surface area contributed by atoms with Gasteiger partial charge in [-0.1, -0.05) is 378 Å². The molecule has 18 aromatic carbocycles. The number of rotatable bonds is 13. The van der Waals surface area contributed by atoms with E-state index in [2.05, 4.69) is 469 Å². The molecule has 25 aromatic rings. The number of benzene rings is 18. The quantitative estimate of drug-likeness (QED) is 0.114. The Kier molecular flexibility index (Phi) is 19.7. The molecule has 26 rings (SSSR count). The molecule has 0 saturated heterocycles. The van der Waals surface area contributed by atoms with Gasteiger partial charge in [0.25, 0.3) is 0 Å². The molecule has 7 aromatic heterocycles. The van der Waals surface area contributed by atoms with E-state index in [0.29, 0.717) is 17.7 Å². The summed E-state index contributed by atoms with van der Waals surface area (Å²) in [5, 5.41) is 9.73. The van der Waals surface area contributed by atoms with Gasteiger partial charge >= 0.3 is 0 Å². The molecule has 0 unspecified atom stereocenters. The van der Waals surface area contributed by atoms with Gasteiger partial charge in [0, 0.05) is 98.8 Å². The van der Waals surface area contributed by atoms with Crippen molar-refractivity contribution in [1.29, 1.82) is 0 Å². The molecule has 0 saturated carbocycles. The van der Waals surface area contributed by atoms with Gasteiger partial charge in [-0.25, -0.2) is 29.9 Å². The molecule has 0 fully saturated rings. The molecule has 7 heterocycles. The van der Waals surface area contributed by atoms with Gasteiger partial charge in [-0.2, -0.15) is 0 Å². The van der Waals surface area contributed by atoms with Crippen molar-refractivity contribution in [3.63, 3.8) is 0 Å². The van der Waals surface area contributed by atoms with Crippen LogP contribution in [0.25, 0.3) is 223 Å². The van der Waals surface area contributed by atoms with Crippen LogP contribution >= 0.6 is 0 Å². The molecule has 0 radical (unpaired) electrons. The molecule has 0 aliphatic heterocycles. The molecule has 626 valence electrons. The fourth-order valence-electron chi connectivity index (χ4n) is 19.7. The predicted molar refractivity (Wildman–Crippen MR) is 550 cm³/mol. The fraction of sp³-hybridized carbons (Fsp3) is 0.0244. The Hall–Kier alpha value is -17.6. The highest BCUT2D eigenvalue weighted by Gasteiger charge is 2.36. The lowest BCUT2D eigenvalue weighted by atomic mass is 9.82. The van der Waals surface area contributed by atoms with Crippen molar-refractivity contribution in [2.75, 3.05) is 0 Å². The minimum atomic E-state index is -0.0666. The third-order valence-corrected chi connectivity index (χ3v) is 26.2. The van der Waals surface area contributed by atoms with Crippen LogP contribution in [0.4, 0.5) is 0 Å². The monoisotopic (exact) mass is 1700 g/mol. The van der Waals surface area contributed by atoms with E-state index < -0.39 is 0 Å². The summed E-state index contributed by atoms with van der Waals surface area (Å²) in [7, 11) is 0. The first kappa shape index (κ1) is 78.8. The number of hydrogen-bond acceptors (Lipinski definition) is 6. The standard InChI is InChI=1S/C43H31N3.C40H26N4.C40H27N3/c1-43(2)36-19-11-9-17-32(36)34-25-35-33-18-10-12-20-40(33)46(41(35)26-37(34)43)31-23-21-30(22-24-31)42-44-38(28-13-5-3-6-14-28)27-39(45-42)29-15-7-4-8-16-29;1-4-14-27(15-5-1)34-25-35(28-16-6-2-7-17-28)42-40(41-34)44-37-23-13-11-21-31(37)33-24-32-30-20-10-12-22-36(30)43(38(32)26-39(33)44)29-18-8-3-9-19-29;1-3-11-28(12-4-1)30-19-23-32(24-20-30)36-27-37(33-25-21-31(22-26-33)29-13-5-2-6-14-29)42-40(41-36)43-38-17-9-7-15-34(38)35-16-8-10-18-39(35)43/h3-27H,1-2H3;1-26H;1-27H. The van der Waals surface area contributed by atoms with Gasteiger partial charge in [-0.05, 0) is 154 Å². The molecule has 0 bridgehead atoms. The van der Waals surface area contributed by atoms with Crippen LogP contribution < -0.4 is 0 Å². The second kappa shape index (κ2) is 33.2. The lowest BCUT2D eigenvalue weighted by Gasteiger charge is -2.21. The summed E-state index contributed by atoms with van der Waals surface area (Å²) in [6, 6.07) is 167. The fourth-order valence-corrected chi connectivity index (χ4v) is 19.7. The number of hydrogen-bond donors (Lipinski definition) is 0. The SMILES string of the molecule is CC1(C)c2ccccc2-c2cc3c4ccccc4n(-c4ccc(-c5nc(-c6ccccc6)cc(-c6ccccc6)n5)cc4)c3cc21.c1ccc(-c2cc(-c3ccccc3)nc(-n3c4ccccc4c4cc5c6ccccc6n(-c6ccccc6)c5cc43)n2)cc1.c1ccc(-c2ccc(-c3cc(-c4ccc(-c5ccccc5)cc4)nc(-n4c5ccccc5c5ccccc54)n3)cc2)cc1. The van der Waals surface area contributed by atoms with Gasteiger partial charge in [0.05, 0.1) is 78.3 Å². The van der Waals surface area contributed by atoms with Crippen LogP contribution in [0.15, 0.2) is 473 Å². The first-order chi connectivity index (χ1) is 65.7. The molecular formula is C123H84N10. The topological polar surface area (TPSA) is 97.1 Å². The molecule has 0 N–H and O–H groups in total. The Labute approximate surface area is 769 Å². The lowest BCUT2D eigenvalue weighted by Crippen LogP contribution is -2.14. The second-order valence-corrected chi connectivity index (χ2v) is 34.5. The van der Waals surface area contributed by atoms with Crippen molar-refractivity contribution in [3.8, 4) is 136 Å². The maximum atomic E-state index is 5.22. The van der Waals surface area contributed by atoms with Crippen molar-refractivity contribution in [1.82, 2.24) is 48.2 Å². The summed E-state index contributed by atoms with van der Waals surface area (Å²) in [5.74, 6) is 2.02. The first-order valence-corrected chi connectivity index (χ1v) is 45.2. The van der Waals surface area contributed by atoms with Gasteiger partial charge in [0.1, 0.15) is 0 Å². The van der Waals surface area contributed by atoms with E-state index in [4.69, 9.17) is 29.9 Å². The van der Waals surface area contributed by atoms with E-state index in [1.54, 1.807) is 0 Å². The van der Waals surface area contributed by atoms with Gasteiger partial charge < -0.3 is 9.13 Å². The number of fused-ring (bicyclic) bond motifs is 15. The van der Waals surface area contributed by atoms with Crippen LogP contribution in [0.2, 0.25) is 0 Å². The molecule has 0 spiro atoms. The Balaban J connectivity index is 0.000000110. The van der Waals surface area contributed by atoms with E-state index in [-0.39, 0.29) is 5.41 Å². The number of para-hydroxylation sites is 6. The lowest BCUT2D eigenvalue weighted by molar-refractivity contribution is 0.661. The van der Waals surface area contributed by atoms with Gasteiger partial charge in [0.2, 0.25) is 11.9 Å². The summed E-state index contributed by atoms with van der Waals surface area (Å²) in [4.78, 5) is 30.9. The van der Waals surface area contributed by atoms with Crippen LogP contribution in [0, 0.1) is 0 Å². The normalized spacial score (nSPS) is 12.0.